The van der Waals surface area contributed by atoms with Crippen molar-refractivity contribution >= 4 is 40.5 Å². The minimum absolute atomic E-state index is 0.0275. The molecule has 3 aromatic carbocycles. The first-order valence-corrected chi connectivity index (χ1v) is 8.47. The van der Waals surface area contributed by atoms with E-state index in [1.54, 1.807) is 48.5 Å². The summed E-state index contributed by atoms with van der Waals surface area (Å²) in [5.74, 6) is 0.725. The highest BCUT2D eigenvalue weighted by Crippen LogP contribution is 2.27. The van der Waals surface area contributed by atoms with Gasteiger partial charge in [0.15, 0.2) is 0 Å². The van der Waals surface area contributed by atoms with Crippen LogP contribution < -0.4 is 10.1 Å². The van der Waals surface area contributed by atoms with Crippen molar-refractivity contribution in [2.24, 2.45) is 0 Å². The lowest BCUT2D eigenvalue weighted by Crippen LogP contribution is -2.12. The maximum Gasteiger partial charge on any atom is 0.288 e. The highest BCUT2D eigenvalue weighted by atomic mass is 35.5. The van der Waals surface area contributed by atoms with Crippen LogP contribution in [0.4, 0.5) is 11.4 Å². The molecule has 8 heteroatoms. The molecule has 0 saturated heterocycles. The molecule has 0 aliphatic carbocycles. The number of anilines is 1. The van der Waals surface area contributed by atoms with Crippen LogP contribution in [0, 0.1) is 10.1 Å². The average molecular weight is 403 g/mol. The number of nitrogens with one attached hydrogen (secondary N) is 1. The van der Waals surface area contributed by atoms with Crippen molar-refractivity contribution in [1.82, 2.24) is 0 Å². The second-order valence-corrected chi connectivity index (χ2v) is 6.30. The zero-order valence-electron chi connectivity index (χ0n) is 13.7. The molecule has 0 aliphatic heterocycles. The van der Waals surface area contributed by atoms with E-state index in [0.29, 0.717) is 22.2 Å². The van der Waals surface area contributed by atoms with E-state index in [1.165, 1.54) is 12.1 Å². The highest BCUT2D eigenvalue weighted by molar-refractivity contribution is 6.32. The Morgan fingerprint density at radius 3 is 2.11 bits per heavy atom. The van der Waals surface area contributed by atoms with E-state index < -0.39 is 10.8 Å². The lowest BCUT2D eigenvalue weighted by molar-refractivity contribution is -0.384. The van der Waals surface area contributed by atoms with Crippen molar-refractivity contribution in [3.8, 4) is 11.5 Å². The van der Waals surface area contributed by atoms with Crippen LogP contribution in [0.3, 0.4) is 0 Å². The SMILES string of the molecule is O=C(Nc1ccc(Oc2ccc(Cl)cc2)cc1)c1ccc(Cl)c([N+](=O)[O-])c1. The van der Waals surface area contributed by atoms with Gasteiger partial charge in [-0.25, -0.2) is 0 Å². The molecule has 0 radical (unpaired) electrons. The summed E-state index contributed by atoms with van der Waals surface area (Å²) in [6, 6.07) is 17.5. The fourth-order valence-electron chi connectivity index (χ4n) is 2.24. The Bertz CT molecular complexity index is 990. The van der Waals surface area contributed by atoms with E-state index in [4.69, 9.17) is 27.9 Å². The van der Waals surface area contributed by atoms with Gasteiger partial charge in [-0.2, -0.15) is 0 Å². The summed E-state index contributed by atoms with van der Waals surface area (Å²) in [5.41, 5.74) is 0.324. The number of ether oxygens (including phenoxy) is 1. The summed E-state index contributed by atoms with van der Waals surface area (Å²) in [7, 11) is 0. The van der Waals surface area contributed by atoms with E-state index in [2.05, 4.69) is 5.32 Å². The Morgan fingerprint density at radius 2 is 1.52 bits per heavy atom. The van der Waals surface area contributed by atoms with Crippen LogP contribution in [0.15, 0.2) is 66.7 Å². The molecule has 1 N–H and O–H groups in total. The molecule has 0 atom stereocenters. The van der Waals surface area contributed by atoms with Gasteiger partial charge in [0, 0.05) is 22.3 Å². The molecule has 0 bridgehead atoms. The van der Waals surface area contributed by atoms with Gasteiger partial charge in [0.05, 0.1) is 4.92 Å². The monoisotopic (exact) mass is 402 g/mol. The maximum atomic E-state index is 12.3. The van der Waals surface area contributed by atoms with Crippen LogP contribution in [0.2, 0.25) is 10.0 Å². The third-order valence-electron chi connectivity index (χ3n) is 3.57. The molecule has 0 unspecified atom stereocenters. The predicted octanol–water partition coefficient (Wildman–Crippen LogP) is 5.95. The summed E-state index contributed by atoms with van der Waals surface area (Å²) >= 11 is 11.6. The largest absolute Gasteiger partial charge is 0.457 e. The molecular formula is C19H12Cl2N2O4. The number of nitro benzene ring substituents is 1. The number of nitrogens with zero attached hydrogens (tertiary/aromatic N) is 1. The van der Waals surface area contributed by atoms with Gasteiger partial charge < -0.3 is 10.1 Å². The van der Waals surface area contributed by atoms with Crippen LogP contribution in [0.1, 0.15) is 10.4 Å². The van der Waals surface area contributed by atoms with Gasteiger partial charge in [-0.15, -0.1) is 0 Å². The molecule has 136 valence electrons. The summed E-state index contributed by atoms with van der Waals surface area (Å²) in [5, 5.41) is 14.2. The number of rotatable bonds is 5. The topological polar surface area (TPSA) is 81.5 Å². The van der Waals surface area contributed by atoms with Crippen LogP contribution in [-0.2, 0) is 0 Å². The number of carbonyl (C=O) groups is 1. The Kier molecular flexibility index (Phi) is 5.59. The Hall–Kier alpha value is -3.09. The highest BCUT2D eigenvalue weighted by Gasteiger charge is 2.16. The van der Waals surface area contributed by atoms with Gasteiger partial charge in [0.25, 0.3) is 11.6 Å². The van der Waals surface area contributed by atoms with E-state index in [1.807, 2.05) is 0 Å². The van der Waals surface area contributed by atoms with Crippen LogP contribution in [0.5, 0.6) is 11.5 Å². The fraction of sp³-hybridized carbons (Fsp3) is 0. The number of halogens is 2. The Labute approximate surface area is 164 Å². The second-order valence-electron chi connectivity index (χ2n) is 5.46. The summed E-state index contributed by atoms with van der Waals surface area (Å²) in [4.78, 5) is 22.6. The van der Waals surface area contributed by atoms with Crippen molar-refractivity contribution in [3.05, 3.63) is 92.5 Å². The van der Waals surface area contributed by atoms with E-state index >= 15 is 0 Å². The summed E-state index contributed by atoms with van der Waals surface area (Å²) in [6.07, 6.45) is 0. The molecule has 3 rings (SSSR count). The zero-order valence-corrected chi connectivity index (χ0v) is 15.2. The number of carbonyl (C=O) groups excluding carboxylic acids is 1. The quantitative estimate of drug-likeness (QED) is 0.422. The van der Waals surface area contributed by atoms with Crippen molar-refractivity contribution in [2.75, 3.05) is 5.32 Å². The van der Waals surface area contributed by atoms with Crippen LogP contribution in [0.25, 0.3) is 0 Å². The second kappa shape index (κ2) is 8.07. The standard InChI is InChI=1S/C19H12Cl2N2O4/c20-13-2-6-15(7-3-13)27-16-8-4-14(5-9-16)22-19(24)12-1-10-17(21)18(11-12)23(25)26/h1-11H,(H,22,24). The van der Waals surface area contributed by atoms with E-state index in [9.17, 15) is 14.9 Å². The van der Waals surface area contributed by atoms with Gasteiger partial charge in [-0.05, 0) is 60.7 Å². The third-order valence-corrected chi connectivity index (χ3v) is 4.14. The fourth-order valence-corrected chi connectivity index (χ4v) is 2.55. The molecule has 0 saturated carbocycles. The molecule has 6 nitrogen and oxygen atoms in total. The predicted molar refractivity (Wildman–Crippen MR) is 104 cm³/mol. The smallest absolute Gasteiger partial charge is 0.288 e. The minimum atomic E-state index is -0.637. The minimum Gasteiger partial charge on any atom is -0.457 e. The number of hydrogen-bond acceptors (Lipinski definition) is 4. The lowest BCUT2D eigenvalue weighted by Gasteiger charge is -2.08. The average Bonchev–Trinajstić information content (AvgIpc) is 2.65. The van der Waals surface area contributed by atoms with Crippen LogP contribution >= 0.6 is 23.2 Å². The van der Waals surface area contributed by atoms with Gasteiger partial charge in [-0.3, -0.25) is 14.9 Å². The van der Waals surface area contributed by atoms with Crippen LogP contribution in [-0.4, -0.2) is 10.8 Å². The molecule has 3 aromatic rings. The Balaban J connectivity index is 1.69. The number of hydrogen-bond donors (Lipinski definition) is 1. The summed E-state index contributed by atoms with van der Waals surface area (Å²) < 4.78 is 5.67. The van der Waals surface area contributed by atoms with Gasteiger partial charge in [-0.1, -0.05) is 23.2 Å². The zero-order chi connectivity index (χ0) is 19.4. The molecule has 0 aromatic heterocycles. The Morgan fingerprint density at radius 1 is 0.926 bits per heavy atom. The molecule has 27 heavy (non-hydrogen) atoms. The normalized spacial score (nSPS) is 10.3. The van der Waals surface area contributed by atoms with Gasteiger partial charge >= 0.3 is 0 Å². The number of amides is 1. The first kappa shape index (κ1) is 18.7. The number of nitro groups is 1. The van der Waals surface area contributed by atoms with Gasteiger partial charge in [0.1, 0.15) is 16.5 Å². The van der Waals surface area contributed by atoms with Crippen molar-refractivity contribution in [3.63, 3.8) is 0 Å². The van der Waals surface area contributed by atoms with Crippen molar-refractivity contribution in [2.45, 2.75) is 0 Å². The molecule has 0 spiro atoms. The molecular weight excluding hydrogens is 391 g/mol. The maximum absolute atomic E-state index is 12.3. The molecule has 0 heterocycles. The first-order chi connectivity index (χ1) is 12.9. The molecule has 0 fully saturated rings. The van der Waals surface area contributed by atoms with Crippen molar-refractivity contribution < 1.29 is 14.5 Å². The van der Waals surface area contributed by atoms with E-state index in [-0.39, 0.29) is 16.3 Å². The number of benzene rings is 3. The molecule has 1 amide bonds. The first-order valence-electron chi connectivity index (χ1n) is 7.71. The van der Waals surface area contributed by atoms with Gasteiger partial charge in [0.2, 0.25) is 0 Å². The van der Waals surface area contributed by atoms with E-state index in [0.717, 1.165) is 6.07 Å². The van der Waals surface area contributed by atoms with Crippen molar-refractivity contribution in [1.29, 1.82) is 0 Å². The summed E-state index contributed by atoms with van der Waals surface area (Å²) in [6.45, 7) is 0. The molecule has 0 aliphatic rings. The lowest BCUT2D eigenvalue weighted by atomic mass is 10.2. The third kappa shape index (κ3) is 4.75.